The molecular weight excluding hydrogens is 400 g/mol. The Morgan fingerprint density at radius 3 is 2.23 bits per heavy atom. The fraction of sp³-hybridized carbons (Fsp3) is 0.652. The number of aliphatic carboxylic acids is 1. The van der Waals surface area contributed by atoms with E-state index in [4.69, 9.17) is 4.74 Å². The molecule has 1 aliphatic rings. The van der Waals surface area contributed by atoms with E-state index in [0.717, 1.165) is 31.4 Å². The van der Waals surface area contributed by atoms with Gasteiger partial charge in [0.25, 0.3) is 0 Å². The van der Waals surface area contributed by atoms with Gasteiger partial charge in [0.05, 0.1) is 13.2 Å². The van der Waals surface area contributed by atoms with Crippen LogP contribution in [0.4, 0.5) is 4.79 Å². The molecule has 0 aromatic carbocycles. The van der Waals surface area contributed by atoms with Crippen LogP contribution in [0.15, 0.2) is 34.9 Å². The number of ether oxygens (including phenoxy) is 1. The molecule has 1 rings (SSSR count). The minimum atomic E-state index is -1.00. The molecule has 0 spiro atoms. The van der Waals surface area contributed by atoms with Gasteiger partial charge in [-0.3, -0.25) is 0 Å². The zero-order valence-corrected chi connectivity index (χ0v) is 19.7. The number of hydrogen-bond donors (Lipinski definition) is 2. The molecule has 170 valence electrons. The summed E-state index contributed by atoms with van der Waals surface area (Å²) >= 11 is 1.52. The van der Waals surface area contributed by atoms with Gasteiger partial charge in [-0.1, -0.05) is 34.9 Å². The van der Waals surface area contributed by atoms with E-state index < -0.39 is 12.0 Å². The van der Waals surface area contributed by atoms with E-state index in [1.807, 2.05) is 0 Å². The highest BCUT2D eigenvalue weighted by Crippen LogP contribution is 2.13. The Hall–Kier alpha value is -1.73. The topological polar surface area (TPSA) is 78.9 Å². The van der Waals surface area contributed by atoms with Crippen LogP contribution in [0, 0.1) is 0 Å². The van der Waals surface area contributed by atoms with Crippen LogP contribution in [-0.4, -0.2) is 65.9 Å². The highest BCUT2D eigenvalue weighted by atomic mass is 32.2. The first-order valence-corrected chi connectivity index (χ1v) is 11.8. The number of carboxylic acid groups (broad SMARTS) is 1. The minimum Gasteiger partial charge on any atom is -0.480 e. The number of nitrogens with zero attached hydrogens (tertiary/aromatic N) is 1. The zero-order valence-electron chi connectivity index (χ0n) is 18.9. The van der Waals surface area contributed by atoms with Gasteiger partial charge in [-0.15, -0.1) is 0 Å². The van der Waals surface area contributed by atoms with Crippen molar-refractivity contribution in [3.63, 3.8) is 0 Å². The predicted molar refractivity (Wildman–Crippen MR) is 125 cm³/mol. The van der Waals surface area contributed by atoms with E-state index in [1.54, 1.807) is 4.90 Å². The number of carbonyl (C=O) groups excluding carboxylic acids is 1. The number of urea groups is 1. The third kappa shape index (κ3) is 12.1. The lowest BCUT2D eigenvalue weighted by Gasteiger charge is -2.28. The van der Waals surface area contributed by atoms with Crippen LogP contribution in [-0.2, 0) is 9.53 Å². The van der Waals surface area contributed by atoms with E-state index in [9.17, 15) is 14.7 Å². The van der Waals surface area contributed by atoms with Crippen LogP contribution in [0.5, 0.6) is 0 Å². The average molecular weight is 439 g/mol. The Balaban J connectivity index is 2.30. The number of rotatable bonds is 12. The number of allylic oxidation sites excluding steroid dienone is 5. The monoisotopic (exact) mass is 438 g/mol. The van der Waals surface area contributed by atoms with Gasteiger partial charge in [-0.25, -0.2) is 9.59 Å². The van der Waals surface area contributed by atoms with Crippen molar-refractivity contribution >= 4 is 23.8 Å². The predicted octanol–water partition coefficient (Wildman–Crippen LogP) is 4.63. The van der Waals surface area contributed by atoms with E-state index in [1.165, 1.54) is 28.5 Å². The summed E-state index contributed by atoms with van der Waals surface area (Å²) in [7, 11) is 0. The van der Waals surface area contributed by atoms with E-state index in [0.29, 0.717) is 32.1 Å². The van der Waals surface area contributed by atoms with Gasteiger partial charge in [0.1, 0.15) is 6.04 Å². The molecule has 1 atom stereocenters. The molecule has 1 saturated heterocycles. The van der Waals surface area contributed by atoms with Crippen molar-refractivity contribution in [2.24, 2.45) is 0 Å². The second kappa shape index (κ2) is 15.1. The van der Waals surface area contributed by atoms with Crippen LogP contribution < -0.4 is 5.32 Å². The van der Waals surface area contributed by atoms with Gasteiger partial charge in [0.15, 0.2) is 0 Å². The molecule has 0 aromatic heterocycles. The van der Waals surface area contributed by atoms with Gasteiger partial charge >= 0.3 is 12.0 Å². The number of carboxylic acids is 1. The van der Waals surface area contributed by atoms with Gasteiger partial charge < -0.3 is 20.1 Å². The van der Waals surface area contributed by atoms with Crippen LogP contribution >= 0.6 is 11.8 Å². The molecular formula is C23H38N2O4S. The summed E-state index contributed by atoms with van der Waals surface area (Å²) in [5, 5.41) is 12.0. The normalized spacial score (nSPS) is 16.2. The maximum absolute atomic E-state index is 12.2. The SMILES string of the molecule is CC(C)=CCC/C(C)=C/CC/C(C)=C/CSC[C@H](NC(=O)N1CCOCC1)C(=O)O. The molecule has 30 heavy (non-hydrogen) atoms. The van der Waals surface area contributed by atoms with E-state index in [2.05, 4.69) is 51.2 Å². The molecule has 0 bridgehead atoms. The highest BCUT2D eigenvalue weighted by molar-refractivity contribution is 7.99. The number of carbonyl (C=O) groups is 2. The molecule has 1 heterocycles. The molecule has 2 N–H and O–H groups in total. The smallest absolute Gasteiger partial charge is 0.327 e. The van der Waals surface area contributed by atoms with Crippen LogP contribution in [0.25, 0.3) is 0 Å². The lowest BCUT2D eigenvalue weighted by molar-refractivity contribution is -0.138. The average Bonchev–Trinajstić information content (AvgIpc) is 2.70. The minimum absolute atomic E-state index is 0.329. The number of amides is 2. The largest absolute Gasteiger partial charge is 0.480 e. The quantitative estimate of drug-likeness (QED) is 0.343. The summed E-state index contributed by atoms with van der Waals surface area (Å²) in [5.74, 6) is 0.0868. The van der Waals surface area contributed by atoms with Gasteiger partial charge in [0.2, 0.25) is 0 Å². The Bertz CT molecular complexity index is 633. The first-order valence-electron chi connectivity index (χ1n) is 10.7. The maximum Gasteiger partial charge on any atom is 0.327 e. The first kappa shape index (κ1) is 26.3. The summed E-state index contributed by atoms with van der Waals surface area (Å²) in [6, 6.07) is -1.21. The number of morpholine rings is 1. The highest BCUT2D eigenvalue weighted by Gasteiger charge is 2.24. The van der Waals surface area contributed by atoms with Crippen molar-refractivity contribution in [3.8, 4) is 0 Å². The van der Waals surface area contributed by atoms with Crippen molar-refractivity contribution in [2.75, 3.05) is 37.8 Å². The van der Waals surface area contributed by atoms with Crippen molar-refractivity contribution < 1.29 is 19.4 Å². The second-order valence-electron chi connectivity index (χ2n) is 7.94. The molecule has 1 fully saturated rings. The molecule has 6 nitrogen and oxygen atoms in total. The first-order chi connectivity index (χ1) is 14.3. The number of thioether (sulfide) groups is 1. The maximum atomic E-state index is 12.2. The lowest BCUT2D eigenvalue weighted by Crippen LogP contribution is -2.52. The van der Waals surface area contributed by atoms with E-state index in [-0.39, 0.29) is 6.03 Å². The van der Waals surface area contributed by atoms with Crippen LogP contribution in [0.2, 0.25) is 0 Å². The van der Waals surface area contributed by atoms with Gasteiger partial charge in [-0.05, 0) is 53.4 Å². The molecule has 7 heteroatoms. The Morgan fingerprint density at radius 1 is 1.03 bits per heavy atom. The van der Waals surface area contributed by atoms with Crippen molar-refractivity contribution in [1.82, 2.24) is 10.2 Å². The van der Waals surface area contributed by atoms with Crippen LogP contribution in [0.3, 0.4) is 0 Å². The molecule has 1 aliphatic heterocycles. The second-order valence-corrected chi connectivity index (χ2v) is 9.01. The summed E-state index contributed by atoms with van der Waals surface area (Å²) in [5.41, 5.74) is 4.10. The number of hydrogen-bond acceptors (Lipinski definition) is 4. The fourth-order valence-electron chi connectivity index (χ4n) is 2.91. The molecule has 0 saturated carbocycles. The van der Waals surface area contributed by atoms with E-state index >= 15 is 0 Å². The van der Waals surface area contributed by atoms with Gasteiger partial charge in [-0.2, -0.15) is 11.8 Å². The molecule has 0 aliphatic carbocycles. The standard InChI is InChI=1S/C23H38N2O4S/c1-18(2)7-5-8-19(3)9-6-10-20(4)11-16-30-17-21(22(26)27)24-23(28)25-12-14-29-15-13-25/h7,9,11,21H,5-6,8,10,12-17H2,1-4H3,(H,24,28)(H,26,27)/b19-9+,20-11+/t21-/m0/s1. The molecule has 0 aromatic rings. The summed E-state index contributed by atoms with van der Waals surface area (Å²) < 4.78 is 5.22. The number of nitrogens with one attached hydrogen (secondary N) is 1. The Kier molecular flexibility index (Phi) is 13.3. The third-order valence-electron chi connectivity index (χ3n) is 4.85. The van der Waals surface area contributed by atoms with Gasteiger partial charge in [0, 0.05) is 24.6 Å². The van der Waals surface area contributed by atoms with Crippen molar-refractivity contribution in [2.45, 2.75) is 59.4 Å². The summed E-state index contributed by atoms with van der Waals surface area (Å²) in [4.78, 5) is 25.3. The lowest BCUT2D eigenvalue weighted by atomic mass is 10.1. The Labute approximate surface area is 185 Å². The fourth-order valence-corrected chi connectivity index (χ4v) is 3.91. The summed E-state index contributed by atoms with van der Waals surface area (Å²) in [6.07, 6.45) is 11.0. The third-order valence-corrected chi connectivity index (χ3v) is 5.82. The van der Waals surface area contributed by atoms with Crippen LogP contribution in [0.1, 0.15) is 53.4 Å². The zero-order chi connectivity index (χ0) is 22.4. The molecule has 2 amide bonds. The molecule has 0 unspecified atom stereocenters. The Morgan fingerprint density at radius 2 is 1.63 bits per heavy atom. The van der Waals surface area contributed by atoms with Crippen molar-refractivity contribution in [3.05, 3.63) is 34.9 Å². The van der Waals surface area contributed by atoms with Crippen molar-refractivity contribution in [1.29, 1.82) is 0 Å². The summed E-state index contributed by atoms with van der Waals surface area (Å²) in [6.45, 7) is 10.5. The molecule has 0 radical (unpaired) electrons.